The monoisotopic (exact) mass is 1160 g/mol. The van der Waals surface area contributed by atoms with Crippen molar-refractivity contribution in [3.63, 3.8) is 0 Å². The molecular formula is C77H142O6. The van der Waals surface area contributed by atoms with Crippen molar-refractivity contribution < 1.29 is 28.6 Å². The van der Waals surface area contributed by atoms with Crippen LogP contribution in [0.5, 0.6) is 0 Å². The average Bonchev–Trinajstić information content (AvgIpc) is 3.49. The van der Waals surface area contributed by atoms with Crippen LogP contribution in [0, 0.1) is 0 Å². The molecule has 83 heavy (non-hydrogen) atoms. The number of rotatable bonds is 69. The second-order valence-electron chi connectivity index (χ2n) is 25.2. The SMILES string of the molecule is CCCCCCC/C=C\C/C=C\CCCCCCCCCCCCCCCCCC(=O)OCC(COC(=O)CCCCCCCCCCCCCCCCC)OC(=O)CCCCCCCCCCCCC/C=C\C/C=C\CCCCCCC. The number of hydrogen-bond acceptors (Lipinski definition) is 6. The zero-order chi connectivity index (χ0) is 59.9. The van der Waals surface area contributed by atoms with Gasteiger partial charge in [0.15, 0.2) is 6.10 Å². The number of unbranched alkanes of at least 4 members (excludes halogenated alkanes) is 50. The molecule has 6 nitrogen and oxygen atoms in total. The van der Waals surface area contributed by atoms with E-state index in [-0.39, 0.29) is 31.1 Å². The highest BCUT2D eigenvalue weighted by molar-refractivity contribution is 5.71. The first-order chi connectivity index (χ1) is 41.0. The van der Waals surface area contributed by atoms with Gasteiger partial charge in [-0.1, -0.05) is 352 Å². The van der Waals surface area contributed by atoms with Crippen molar-refractivity contribution in [1.29, 1.82) is 0 Å². The summed E-state index contributed by atoms with van der Waals surface area (Å²) in [6.07, 6.45) is 91.4. The maximum atomic E-state index is 13.0. The smallest absolute Gasteiger partial charge is 0.306 e. The van der Waals surface area contributed by atoms with Gasteiger partial charge in [0, 0.05) is 19.3 Å². The average molecular weight is 1160 g/mol. The van der Waals surface area contributed by atoms with Crippen molar-refractivity contribution in [3.8, 4) is 0 Å². The molecule has 486 valence electrons. The highest BCUT2D eigenvalue weighted by Gasteiger charge is 2.19. The van der Waals surface area contributed by atoms with E-state index < -0.39 is 6.10 Å². The van der Waals surface area contributed by atoms with Crippen molar-refractivity contribution in [1.82, 2.24) is 0 Å². The molecule has 0 aromatic heterocycles. The van der Waals surface area contributed by atoms with Gasteiger partial charge in [0.2, 0.25) is 0 Å². The fourth-order valence-electron chi connectivity index (χ4n) is 11.2. The fraction of sp³-hybridized carbons (Fsp3) is 0.857. The number of allylic oxidation sites excluding steroid dienone is 8. The van der Waals surface area contributed by atoms with Crippen molar-refractivity contribution in [3.05, 3.63) is 48.6 Å². The summed E-state index contributed by atoms with van der Waals surface area (Å²) >= 11 is 0. The maximum absolute atomic E-state index is 13.0. The topological polar surface area (TPSA) is 78.9 Å². The van der Waals surface area contributed by atoms with E-state index in [1.165, 1.54) is 295 Å². The van der Waals surface area contributed by atoms with Crippen LogP contribution in [0.15, 0.2) is 48.6 Å². The Morgan fingerprint density at radius 1 is 0.241 bits per heavy atom. The first-order valence-corrected chi connectivity index (χ1v) is 37.1. The third kappa shape index (κ3) is 70.0. The van der Waals surface area contributed by atoms with E-state index in [1.807, 2.05) is 0 Å². The third-order valence-corrected chi connectivity index (χ3v) is 16.8. The Kier molecular flexibility index (Phi) is 69.6. The molecule has 0 heterocycles. The van der Waals surface area contributed by atoms with Crippen molar-refractivity contribution in [2.75, 3.05) is 13.2 Å². The van der Waals surface area contributed by atoms with Gasteiger partial charge in [0.05, 0.1) is 0 Å². The summed E-state index contributed by atoms with van der Waals surface area (Å²) in [6.45, 7) is 6.69. The van der Waals surface area contributed by atoms with Gasteiger partial charge in [-0.3, -0.25) is 14.4 Å². The van der Waals surface area contributed by atoms with E-state index in [9.17, 15) is 14.4 Å². The molecule has 1 unspecified atom stereocenters. The highest BCUT2D eigenvalue weighted by atomic mass is 16.6. The number of carbonyl (C=O) groups excluding carboxylic acids is 3. The lowest BCUT2D eigenvalue weighted by Crippen LogP contribution is -2.30. The number of carbonyl (C=O) groups is 3. The van der Waals surface area contributed by atoms with Gasteiger partial charge < -0.3 is 14.2 Å². The molecule has 0 rings (SSSR count). The van der Waals surface area contributed by atoms with Crippen LogP contribution in [0.1, 0.15) is 406 Å². The van der Waals surface area contributed by atoms with Gasteiger partial charge in [0.25, 0.3) is 0 Å². The van der Waals surface area contributed by atoms with Crippen LogP contribution in [0.4, 0.5) is 0 Å². The molecule has 0 aliphatic heterocycles. The van der Waals surface area contributed by atoms with Crippen LogP contribution in [-0.4, -0.2) is 37.2 Å². The lowest BCUT2D eigenvalue weighted by Gasteiger charge is -2.18. The molecule has 0 spiro atoms. The van der Waals surface area contributed by atoms with Gasteiger partial charge in [-0.15, -0.1) is 0 Å². The van der Waals surface area contributed by atoms with Crippen LogP contribution in [0.25, 0.3) is 0 Å². The Morgan fingerprint density at radius 3 is 0.663 bits per heavy atom. The summed E-state index contributed by atoms with van der Waals surface area (Å²) in [5, 5.41) is 0. The number of ether oxygens (including phenoxy) is 3. The molecule has 1 atom stereocenters. The van der Waals surface area contributed by atoms with Gasteiger partial charge in [-0.2, -0.15) is 0 Å². The Morgan fingerprint density at radius 2 is 0.434 bits per heavy atom. The molecule has 0 radical (unpaired) electrons. The van der Waals surface area contributed by atoms with Gasteiger partial charge >= 0.3 is 17.9 Å². The van der Waals surface area contributed by atoms with E-state index in [0.717, 1.165) is 70.6 Å². The summed E-state index contributed by atoms with van der Waals surface area (Å²) < 4.78 is 17.0. The molecule has 0 N–H and O–H groups in total. The van der Waals surface area contributed by atoms with E-state index in [2.05, 4.69) is 69.4 Å². The van der Waals surface area contributed by atoms with E-state index in [0.29, 0.717) is 19.3 Å². The summed E-state index contributed by atoms with van der Waals surface area (Å²) in [6, 6.07) is 0. The molecule has 0 aromatic carbocycles. The third-order valence-electron chi connectivity index (χ3n) is 16.8. The normalized spacial score (nSPS) is 12.3. The first-order valence-electron chi connectivity index (χ1n) is 37.1. The molecule has 0 saturated heterocycles. The predicted octanol–water partition coefficient (Wildman–Crippen LogP) is 25.7. The van der Waals surface area contributed by atoms with Gasteiger partial charge in [-0.05, 0) is 83.5 Å². The minimum Gasteiger partial charge on any atom is -0.462 e. The molecule has 0 aromatic rings. The minimum absolute atomic E-state index is 0.0683. The molecule has 0 bridgehead atoms. The van der Waals surface area contributed by atoms with Gasteiger partial charge in [0.1, 0.15) is 13.2 Å². The van der Waals surface area contributed by atoms with Crippen LogP contribution in [-0.2, 0) is 28.6 Å². The zero-order valence-corrected chi connectivity index (χ0v) is 56.0. The molecule has 0 saturated carbocycles. The Labute approximate surface area is 518 Å². The number of esters is 3. The summed E-state index contributed by atoms with van der Waals surface area (Å²) in [7, 11) is 0. The quantitative estimate of drug-likeness (QED) is 0.0261. The van der Waals surface area contributed by atoms with Crippen molar-refractivity contribution in [2.45, 2.75) is 412 Å². The summed E-state index contributed by atoms with van der Waals surface area (Å²) in [4.78, 5) is 38.5. The number of hydrogen-bond donors (Lipinski definition) is 0. The highest BCUT2D eigenvalue weighted by Crippen LogP contribution is 2.18. The molecule has 6 heteroatoms. The van der Waals surface area contributed by atoms with Crippen molar-refractivity contribution >= 4 is 17.9 Å². The fourth-order valence-corrected chi connectivity index (χ4v) is 11.2. The first kappa shape index (κ1) is 80.4. The predicted molar refractivity (Wildman–Crippen MR) is 362 cm³/mol. The maximum Gasteiger partial charge on any atom is 0.306 e. The lowest BCUT2D eigenvalue weighted by atomic mass is 10.0. The van der Waals surface area contributed by atoms with Crippen molar-refractivity contribution in [2.24, 2.45) is 0 Å². The van der Waals surface area contributed by atoms with Crippen LogP contribution in [0.3, 0.4) is 0 Å². The Hall–Kier alpha value is -2.63. The Balaban J connectivity index is 4.26. The summed E-state index contributed by atoms with van der Waals surface area (Å²) in [5.74, 6) is -0.840. The molecule has 0 aliphatic carbocycles. The largest absolute Gasteiger partial charge is 0.462 e. The van der Waals surface area contributed by atoms with Crippen LogP contribution in [0.2, 0.25) is 0 Å². The van der Waals surface area contributed by atoms with Crippen LogP contribution < -0.4 is 0 Å². The van der Waals surface area contributed by atoms with Crippen LogP contribution >= 0.6 is 0 Å². The molecule has 0 aliphatic rings. The minimum atomic E-state index is -0.773. The Bertz CT molecular complexity index is 1430. The van der Waals surface area contributed by atoms with E-state index in [1.54, 1.807) is 0 Å². The zero-order valence-electron chi connectivity index (χ0n) is 56.0. The lowest BCUT2D eigenvalue weighted by molar-refractivity contribution is -0.167. The van der Waals surface area contributed by atoms with E-state index >= 15 is 0 Å². The molecular weight excluding hydrogens is 1020 g/mol. The van der Waals surface area contributed by atoms with E-state index in [4.69, 9.17) is 14.2 Å². The summed E-state index contributed by atoms with van der Waals surface area (Å²) in [5.41, 5.74) is 0. The second-order valence-corrected chi connectivity index (χ2v) is 25.2. The molecule has 0 fully saturated rings. The second kappa shape index (κ2) is 71.8. The standard InChI is InChI=1S/C77H142O6/c1-4-7-10-13-16-19-22-25-28-30-32-34-36-37-38-39-41-42-44-46-49-52-55-58-61-64-67-70-76(79)82-73-74(72-81-75(78)69-66-63-60-57-54-51-48-27-24-21-18-15-12-9-6-3)83-77(80)71-68-65-62-59-56-53-50-47-45-43-40-35-33-31-29-26-23-20-17-14-11-8-5-2/h22-23,25-26,30-33,74H,4-21,24,27-29,34-73H2,1-3H3/b25-22-,26-23-,32-30-,33-31-. The molecule has 0 amide bonds. The van der Waals surface area contributed by atoms with Gasteiger partial charge in [-0.25, -0.2) is 0 Å².